The van der Waals surface area contributed by atoms with E-state index in [9.17, 15) is 27.6 Å². The van der Waals surface area contributed by atoms with Crippen LogP contribution in [0.5, 0.6) is 11.6 Å². The summed E-state index contributed by atoms with van der Waals surface area (Å²) in [7, 11) is -2.32. The smallest absolute Gasteiger partial charge is 0.407 e. The van der Waals surface area contributed by atoms with E-state index in [0.717, 1.165) is 32.1 Å². The highest BCUT2D eigenvalue weighted by Gasteiger charge is 2.62. The third kappa shape index (κ3) is 7.19. The highest BCUT2D eigenvalue weighted by molar-refractivity contribution is 7.91. The second kappa shape index (κ2) is 13.6. The molecule has 2 aromatic rings. The monoisotopic (exact) mass is 724 g/mol. The lowest BCUT2D eigenvalue weighted by Gasteiger charge is -2.28. The summed E-state index contributed by atoms with van der Waals surface area (Å²) in [5.74, 6) is -2.02. The van der Waals surface area contributed by atoms with Gasteiger partial charge in [-0.05, 0) is 63.0 Å². The highest BCUT2D eigenvalue weighted by Crippen LogP contribution is 2.46. The summed E-state index contributed by atoms with van der Waals surface area (Å²) in [5.41, 5.74) is 0.352. The van der Waals surface area contributed by atoms with Crippen LogP contribution in [-0.4, -0.2) is 96.3 Å². The Morgan fingerprint density at radius 2 is 1.90 bits per heavy atom. The van der Waals surface area contributed by atoms with Crippen LogP contribution in [-0.2, 0) is 35.6 Å². The van der Waals surface area contributed by atoms with E-state index in [2.05, 4.69) is 21.9 Å². The minimum Gasteiger partial charge on any atom is -0.497 e. The van der Waals surface area contributed by atoms with Crippen molar-refractivity contribution in [3.8, 4) is 11.6 Å². The van der Waals surface area contributed by atoms with Gasteiger partial charge in [0.2, 0.25) is 27.7 Å². The van der Waals surface area contributed by atoms with Crippen molar-refractivity contribution in [1.29, 1.82) is 0 Å². The number of aromatic nitrogens is 2. The minimum absolute atomic E-state index is 0.0308. The van der Waals surface area contributed by atoms with Gasteiger partial charge in [0.1, 0.15) is 41.8 Å². The molecule has 16 heteroatoms. The van der Waals surface area contributed by atoms with Crippen molar-refractivity contribution in [3.05, 3.63) is 36.5 Å². The molecule has 5 aliphatic rings. The van der Waals surface area contributed by atoms with Gasteiger partial charge in [-0.3, -0.25) is 19.1 Å². The van der Waals surface area contributed by atoms with E-state index in [0.29, 0.717) is 47.6 Å². The van der Waals surface area contributed by atoms with Crippen LogP contribution in [0.3, 0.4) is 0 Å². The SMILES string of the molecule is C=C[C@@H]1C[C@]1(NC(=O)[C@@H]1[C@H](C)[C@@H]2CN1C(=O)CNC(=O)O[C@@H]1C[C@H]1CCCCCc1nc3ccc(OC)cc3nc1O2)C(=O)NS(=O)(=O)C1CC1. The van der Waals surface area contributed by atoms with Crippen LogP contribution in [0.25, 0.3) is 11.0 Å². The number of benzene rings is 1. The molecular weight excluding hydrogens is 680 g/mol. The summed E-state index contributed by atoms with van der Waals surface area (Å²) < 4.78 is 44.9. The third-order valence-corrected chi connectivity index (χ3v) is 12.6. The highest BCUT2D eigenvalue weighted by atomic mass is 32.2. The van der Waals surface area contributed by atoms with E-state index < -0.39 is 75.2 Å². The molecule has 7 atom stereocenters. The lowest BCUT2D eigenvalue weighted by Crippen LogP contribution is -2.58. The average molecular weight is 725 g/mol. The van der Waals surface area contributed by atoms with Gasteiger partial charge in [-0.1, -0.05) is 25.8 Å². The molecular formula is C35H44N6O9S. The fourth-order valence-electron chi connectivity index (χ4n) is 7.31. The summed E-state index contributed by atoms with van der Waals surface area (Å²) in [6, 6.07) is 4.28. The fraction of sp³-hybridized carbons (Fsp3) is 0.600. The van der Waals surface area contributed by atoms with Crippen LogP contribution in [0.15, 0.2) is 30.9 Å². The number of alkyl carbamates (subject to hydrolysis) is 1. The maximum atomic E-state index is 14.2. The second-order valence-corrected chi connectivity index (χ2v) is 16.4. The predicted octanol–water partition coefficient (Wildman–Crippen LogP) is 2.13. The molecule has 1 aromatic carbocycles. The molecule has 2 bridgehead atoms. The minimum atomic E-state index is -3.89. The van der Waals surface area contributed by atoms with E-state index in [1.807, 2.05) is 12.1 Å². The number of ether oxygens (including phenoxy) is 3. The number of amides is 4. The molecule has 0 spiro atoms. The van der Waals surface area contributed by atoms with Crippen LogP contribution >= 0.6 is 0 Å². The summed E-state index contributed by atoms with van der Waals surface area (Å²) in [6.07, 6.45) is 5.96. The standard InChI is InChI=1S/C35H44N6O9S/c1-4-21-16-35(21,33(44)40-51(46,47)23-11-12-23)39-31(43)30-19(2)28-18-41(30)29(42)17-36-34(45)50-27-14-20(27)8-6-5-7-9-25-32(49-28)38-26-15-22(48-3)10-13-24(26)37-25/h4,10,13,15,19-21,23,27-28,30H,1,5-9,11-12,14,16-18H2,2-3H3,(H,36,45)(H,39,43)(H,40,44)/t19-,20-,21-,27-,28+,30+,35-/m1/s1. The first-order valence-corrected chi connectivity index (χ1v) is 19.2. The van der Waals surface area contributed by atoms with Crippen molar-refractivity contribution in [1.82, 2.24) is 30.2 Å². The van der Waals surface area contributed by atoms with Gasteiger partial charge in [-0.25, -0.2) is 23.2 Å². The largest absolute Gasteiger partial charge is 0.497 e. The first-order valence-electron chi connectivity index (χ1n) is 17.7. The second-order valence-electron chi connectivity index (χ2n) is 14.4. The summed E-state index contributed by atoms with van der Waals surface area (Å²) in [5, 5.41) is 4.68. The van der Waals surface area contributed by atoms with Crippen molar-refractivity contribution >= 4 is 44.9 Å². The van der Waals surface area contributed by atoms with E-state index in [4.69, 9.17) is 24.2 Å². The van der Waals surface area contributed by atoms with Gasteiger partial charge in [0.25, 0.3) is 5.91 Å². The number of carbonyl (C=O) groups excluding carboxylic acids is 4. The number of rotatable bonds is 7. The number of nitrogens with one attached hydrogen (secondary N) is 3. The number of hydrogen-bond donors (Lipinski definition) is 3. The summed E-state index contributed by atoms with van der Waals surface area (Å²) in [4.78, 5) is 65.1. The molecule has 0 unspecified atom stereocenters. The molecule has 2 aliphatic heterocycles. The molecule has 7 rings (SSSR count). The van der Waals surface area contributed by atoms with Crippen molar-refractivity contribution in [2.45, 2.75) is 93.7 Å². The Labute approximate surface area is 296 Å². The van der Waals surface area contributed by atoms with E-state index >= 15 is 0 Å². The van der Waals surface area contributed by atoms with Crippen LogP contribution < -0.4 is 24.8 Å². The Hall–Kier alpha value is -4.47. The van der Waals surface area contributed by atoms with Crippen molar-refractivity contribution < 1.29 is 41.8 Å². The molecule has 1 saturated heterocycles. The van der Waals surface area contributed by atoms with Crippen molar-refractivity contribution in [2.24, 2.45) is 17.8 Å². The molecule has 15 nitrogen and oxygen atoms in total. The van der Waals surface area contributed by atoms with Gasteiger partial charge in [0.05, 0.1) is 29.9 Å². The zero-order valence-electron chi connectivity index (χ0n) is 28.8. The number of nitrogens with zero attached hydrogens (tertiary/aromatic N) is 3. The van der Waals surface area contributed by atoms with Gasteiger partial charge >= 0.3 is 6.09 Å². The van der Waals surface area contributed by atoms with Gasteiger partial charge in [-0.15, -0.1) is 6.58 Å². The lowest BCUT2D eigenvalue weighted by molar-refractivity contribution is -0.140. The van der Waals surface area contributed by atoms with Crippen LogP contribution in [0.2, 0.25) is 0 Å². The topological polar surface area (TPSA) is 195 Å². The van der Waals surface area contributed by atoms with Gasteiger partial charge in [-0.2, -0.15) is 0 Å². The average Bonchev–Trinajstić information content (AvgIpc) is 4.01. The van der Waals surface area contributed by atoms with E-state index in [1.54, 1.807) is 20.1 Å². The number of aryl methyl sites for hydroxylation is 1. The molecule has 3 aliphatic carbocycles. The van der Waals surface area contributed by atoms with Crippen LogP contribution in [0, 0.1) is 17.8 Å². The summed E-state index contributed by atoms with van der Waals surface area (Å²) in [6.45, 7) is 5.07. The first kappa shape index (κ1) is 35.0. The zero-order chi connectivity index (χ0) is 36.1. The molecule has 4 amide bonds. The van der Waals surface area contributed by atoms with Crippen molar-refractivity contribution in [2.75, 3.05) is 20.2 Å². The van der Waals surface area contributed by atoms with E-state index in [1.165, 1.54) is 11.0 Å². The molecule has 3 saturated carbocycles. The Morgan fingerprint density at radius 3 is 2.63 bits per heavy atom. The number of carbonyl (C=O) groups is 4. The first-order chi connectivity index (χ1) is 24.4. The Kier molecular flexibility index (Phi) is 9.31. The zero-order valence-corrected chi connectivity index (χ0v) is 29.6. The maximum Gasteiger partial charge on any atom is 0.407 e. The third-order valence-electron chi connectivity index (χ3n) is 10.8. The number of hydrogen-bond acceptors (Lipinski definition) is 11. The van der Waals surface area contributed by atoms with Crippen LogP contribution in [0.4, 0.5) is 4.79 Å². The number of fused-ring (bicyclic) bond motifs is 5. The molecule has 3 N–H and O–H groups in total. The van der Waals surface area contributed by atoms with Crippen molar-refractivity contribution in [3.63, 3.8) is 0 Å². The maximum absolute atomic E-state index is 14.2. The number of methoxy groups -OCH3 is 1. The molecule has 1 aromatic heterocycles. The lowest BCUT2D eigenvalue weighted by atomic mass is 9.98. The molecule has 3 heterocycles. The van der Waals surface area contributed by atoms with Gasteiger partial charge in [0.15, 0.2) is 0 Å². The Balaban J connectivity index is 1.18. The molecule has 51 heavy (non-hydrogen) atoms. The molecule has 4 fully saturated rings. The van der Waals surface area contributed by atoms with E-state index in [-0.39, 0.29) is 25.0 Å². The van der Waals surface area contributed by atoms with Gasteiger partial charge < -0.3 is 29.7 Å². The normalized spacial score (nSPS) is 31.0. The summed E-state index contributed by atoms with van der Waals surface area (Å²) >= 11 is 0. The Bertz CT molecular complexity index is 1870. The van der Waals surface area contributed by atoms with Gasteiger partial charge in [0, 0.05) is 17.9 Å². The number of sulfonamides is 1. The van der Waals surface area contributed by atoms with Crippen LogP contribution in [0.1, 0.15) is 64.0 Å². The Morgan fingerprint density at radius 1 is 1.10 bits per heavy atom. The molecule has 0 radical (unpaired) electrons. The molecule has 274 valence electrons. The predicted molar refractivity (Wildman–Crippen MR) is 183 cm³/mol. The fourth-order valence-corrected chi connectivity index (χ4v) is 8.67. The quantitative estimate of drug-likeness (QED) is 0.354.